The lowest BCUT2D eigenvalue weighted by Crippen LogP contribution is -2.27. The minimum atomic E-state index is -0.396. The van der Waals surface area contributed by atoms with Gasteiger partial charge in [-0.3, -0.25) is 4.79 Å². The molecule has 2 heterocycles. The second-order valence-electron chi connectivity index (χ2n) is 7.07. The van der Waals surface area contributed by atoms with Gasteiger partial charge in [0.2, 0.25) is 5.91 Å². The smallest absolute Gasteiger partial charge is 0.337 e. The van der Waals surface area contributed by atoms with Gasteiger partial charge in [0.05, 0.1) is 19.0 Å². The Morgan fingerprint density at radius 3 is 2.44 bits per heavy atom. The van der Waals surface area contributed by atoms with Crippen molar-refractivity contribution in [2.24, 2.45) is 0 Å². The maximum absolute atomic E-state index is 12.5. The zero-order valence-electron chi connectivity index (χ0n) is 17.5. The van der Waals surface area contributed by atoms with Crippen LogP contribution in [0.4, 0.5) is 5.82 Å². The van der Waals surface area contributed by atoms with E-state index in [4.69, 9.17) is 0 Å². The molecular weight excluding hydrogens is 408 g/mol. The van der Waals surface area contributed by atoms with Crippen molar-refractivity contribution in [3.8, 4) is 0 Å². The molecule has 0 saturated carbocycles. The van der Waals surface area contributed by atoms with Gasteiger partial charge in [0.1, 0.15) is 18.4 Å². The van der Waals surface area contributed by atoms with Gasteiger partial charge in [-0.15, -0.1) is 0 Å². The van der Waals surface area contributed by atoms with Crippen molar-refractivity contribution >= 4 is 28.9 Å². The Labute approximate surface area is 184 Å². The molecule has 0 saturated heterocycles. The lowest BCUT2D eigenvalue weighted by atomic mass is 10.1. The molecule has 0 atom stereocenters. The van der Waals surface area contributed by atoms with Gasteiger partial charge in [0, 0.05) is 13.1 Å². The van der Waals surface area contributed by atoms with E-state index in [0.717, 1.165) is 11.1 Å². The predicted octanol–water partition coefficient (Wildman–Crippen LogP) is 2.54. The van der Waals surface area contributed by atoms with Crippen molar-refractivity contribution in [1.82, 2.24) is 24.8 Å². The van der Waals surface area contributed by atoms with E-state index in [1.807, 2.05) is 30.3 Å². The van der Waals surface area contributed by atoms with Gasteiger partial charge >= 0.3 is 5.97 Å². The number of ether oxygens (including phenoxy) is 1. The Hall–Kier alpha value is -4.27. The minimum absolute atomic E-state index is 0.0753. The van der Waals surface area contributed by atoms with Crippen molar-refractivity contribution in [2.75, 3.05) is 12.4 Å². The quantitative estimate of drug-likeness (QED) is 0.413. The Balaban J connectivity index is 1.37. The number of carbonyl (C=O) groups excluding carboxylic acids is 2. The van der Waals surface area contributed by atoms with E-state index >= 15 is 0 Å². The molecule has 32 heavy (non-hydrogen) atoms. The standard InChI is InChI=1S/C23H22N6O3/c1-32-23(31)18-9-7-17(8-10-18)11-24-19(30)13-29-15-28-20-21(26-14-27-22(20)29)25-12-16-5-3-2-4-6-16/h2-10,14-15H,11-13H2,1H3,(H,24,30)(H,25,26,27). The van der Waals surface area contributed by atoms with Gasteiger partial charge in [0.25, 0.3) is 0 Å². The van der Waals surface area contributed by atoms with E-state index in [1.54, 1.807) is 35.2 Å². The zero-order chi connectivity index (χ0) is 22.3. The summed E-state index contributed by atoms with van der Waals surface area (Å²) in [6, 6.07) is 16.9. The van der Waals surface area contributed by atoms with Crippen molar-refractivity contribution < 1.29 is 14.3 Å². The van der Waals surface area contributed by atoms with Crippen molar-refractivity contribution in [3.63, 3.8) is 0 Å². The molecule has 1 amide bonds. The number of esters is 1. The fourth-order valence-corrected chi connectivity index (χ4v) is 3.20. The van der Waals surface area contributed by atoms with Crippen LogP contribution >= 0.6 is 0 Å². The normalized spacial score (nSPS) is 10.7. The summed E-state index contributed by atoms with van der Waals surface area (Å²) < 4.78 is 6.36. The average molecular weight is 430 g/mol. The molecular formula is C23H22N6O3. The molecule has 9 nitrogen and oxygen atoms in total. The number of nitrogens with one attached hydrogen (secondary N) is 2. The molecule has 4 rings (SSSR count). The molecule has 0 unspecified atom stereocenters. The first-order chi connectivity index (χ1) is 15.6. The summed E-state index contributed by atoms with van der Waals surface area (Å²) in [4.78, 5) is 36.9. The van der Waals surface area contributed by atoms with Crippen LogP contribution in [0.15, 0.2) is 67.3 Å². The number of aromatic nitrogens is 4. The van der Waals surface area contributed by atoms with Crippen LogP contribution in [0.25, 0.3) is 11.2 Å². The summed E-state index contributed by atoms with van der Waals surface area (Å²) in [6.07, 6.45) is 3.03. The SMILES string of the molecule is COC(=O)c1ccc(CNC(=O)Cn2cnc3c(NCc4ccccc4)ncnc32)cc1. The summed E-state index contributed by atoms with van der Waals surface area (Å²) in [5, 5.41) is 6.14. The molecule has 2 aromatic carbocycles. The molecule has 2 N–H and O–H groups in total. The molecule has 0 fully saturated rings. The molecule has 4 aromatic rings. The Kier molecular flexibility index (Phi) is 6.35. The molecule has 0 spiro atoms. The van der Waals surface area contributed by atoms with Crippen molar-refractivity contribution in [3.05, 3.63) is 83.9 Å². The van der Waals surface area contributed by atoms with E-state index in [9.17, 15) is 9.59 Å². The number of hydrogen-bond donors (Lipinski definition) is 2. The molecule has 0 aliphatic heterocycles. The van der Waals surface area contributed by atoms with Gasteiger partial charge in [0.15, 0.2) is 11.5 Å². The zero-order valence-corrected chi connectivity index (χ0v) is 17.5. The van der Waals surface area contributed by atoms with Crippen LogP contribution in [-0.2, 0) is 29.2 Å². The number of amides is 1. The van der Waals surface area contributed by atoms with Crippen LogP contribution in [0, 0.1) is 0 Å². The highest BCUT2D eigenvalue weighted by Crippen LogP contribution is 2.18. The van der Waals surface area contributed by atoms with E-state index < -0.39 is 5.97 Å². The van der Waals surface area contributed by atoms with Crippen LogP contribution in [0.1, 0.15) is 21.5 Å². The summed E-state index contributed by atoms with van der Waals surface area (Å²) in [7, 11) is 1.34. The summed E-state index contributed by atoms with van der Waals surface area (Å²) in [6.45, 7) is 1.02. The van der Waals surface area contributed by atoms with Gasteiger partial charge in [-0.1, -0.05) is 42.5 Å². The summed E-state index contributed by atoms with van der Waals surface area (Å²) >= 11 is 0. The van der Waals surface area contributed by atoms with Gasteiger partial charge in [-0.2, -0.15) is 0 Å². The third kappa shape index (κ3) is 4.89. The first-order valence-electron chi connectivity index (χ1n) is 10.0. The first-order valence-corrected chi connectivity index (χ1v) is 10.0. The number of hydrogen-bond acceptors (Lipinski definition) is 7. The second-order valence-corrected chi connectivity index (χ2v) is 7.07. The molecule has 9 heteroatoms. The number of anilines is 1. The Morgan fingerprint density at radius 2 is 1.69 bits per heavy atom. The molecule has 0 bridgehead atoms. The highest BCUT2D eigenvalue weighted by atomic mass is 16.5. The van der Waals surface area contributed by atoms with Gasteiger partial charge in [-0.25, -0.2) is 19.7 Å². The second kappa shape index (κ2) is 9.69. The van der Waals surface area contributed by atoms with Crippen molar-refractivity contribution in [2.45, 2.75) is 19.6 Å². The number of methoxy groups -OCH3 is 1. The monoisotopic (exact) mass is 430 g/mol. The molecule has 162 valence electrons. The van der Waals surface area contributed by atoms with Crippen LogP contribution in [0.2, 0.25) is 0 Å². The lowest BCUT2D eigenvalue weighted by Gasteiger charge is -2.08. The average Bonchev–Trinajstić information content (AvgIpc) is 3.25. The number of carbonyl (C=O) groups is 2. The first kappa shape index (κ1) is 21.0. The van der Waals surface area contributed by atoms with Gasteiger partial charge < -0.3 is 19.9 Å². The predicted molar refractivity (Wildman–Crippen MR) is 119 cm³/mol. The molecule has 0 radical (unpaired) electrons. The van der Waals surface area contributed by atoms with Crippen LogP contribution < -0.4 is 10.6 Å². The molecule has 0 aliphatic carbocycles. The minimum Gasteiger partial charge on any atom is -0.465 e. The van der Waals surface area contributed by atoms with Crippen molar-refractivity contribution in [1.29, 1.82) is 0 Å². The third-order valence-electron chi connectivity index (χ3n) is 4.88. The largest absolute Gasteiger partial charge is 0.465 e. The van der Waals surface area contributed by atoms with E-state index in [-0.39, 0.29) is 12.5 Å². The molecule has 0 aliphatic rings. The van der Waals surface area contributed by atoms with Crippen LogP contribution in [0.3, 0.4) is 0 Å². The highest BCUT2D eigenvalue weighted by molar-refractivity contribution is 5.89. The summed E-state index contributed by atoms with van der Waals surface area (Å²) in [5.41, 5.74) is 3.64. The maximum Gasteiger partial charge on any atom is 0.337 e. The number of benzene rings is 2. The molecule has 2 aromatic heterocycles. The van der Waals surface area contributed by atoms with Crippen LogP contribution in [0.5, 0.6) is 0 Å². The summed E-state index contributed by atoms with van der Waals surface area (Å²) in [5.74, 6) is 0.0367. The fraction of sp³-hybridized carbons (Fsp3) is 0.174. The number of imidazole rings is 1. The Morgan fingerprint density at radius 1 is 0.938 bits per heavy atom. The maximum atomic E-state index is 12.5. The number of rotatable bonds is 8. The van der Waals surface area contributed by atoms with Gasteiger partial charge in [-0.05, 0) is 23.3 Å². The van der Waals surface area contributed by atoms with Crippen LogP contribution in [-0.4, -0.2) is 38.5 Å². The fourth-order valence-electron chi connectivity index (χ4n) is 3.20. The number of nitrogens with zero attached hydrogens (tertiary/aromatic N) is 4. The van der Waals surface area contributed by atoms with E-state index in [0.29, 0.717) is 35.6 Å². The number of fused-ring (bicyclic) bond motifs is 1. The topological polar surface area (TPSA) is 111 Å². The third-order valence-corrected chi connectivity index (χ3v) is 4.88. The van der Waals surface area contributed by atoms with E-state index in [2.05, 4.69) is 30.3 Å². The Bertz CT molecular complexity index is 1220. The van der Waals surface area contributed by atoms with E-state index in [1.165, 1.54) is 13.4 Å². The highest BCUT2D eigenvalue weighted by Gasteiger charge is 2.12. The lowest BCUT2D eigenvalue weighted by molar-refractivity contribution is -0.121.